The molecule has 2 atom stereocenters. The van der Waals surface area contributed by atoms with E-state index in [1.807, 2.05) is 13.8 Å². The molecular weight excluding hydrogens is 220 g/mol. The van der Waals surface area contributed by atoms with Crippen LogP contribution in [0.3, 0.4) is 0 Å². The molecule has 0 saturated carbocycles. The SMILES string of the molecule is CC(C)C(CNC(=O)CC1CCNC1)C(=O)O. The third-order valence-electron chi connectivity index (χ3n) is 3.28. The summed E-state index contributed by atoms with van der Waals surface area (Å²) >= 11 is 0. The number of carboxylic acid groups (broad SMARTS) is 1. The van der Waals surface area contributed by atoms with Gasteiger partial charge in [-0.05, 0) is 31.3 Å². The maximum atomic E-state index is 11.6. The van der Waals surface area contributed by atoms with Crippen LogP contribution in [0.4, 0.5) is 0 Å². The van der Waals surface area contributed by atoms with Crippen molar-refractivity contribution in [2.24, 2.45) is 17.8 Å². The molecule has 0 spiro atoms. The Labute approximate surface area is 102 Å². The third-order valence-corrected chi connectivity index (χ3v) is 3.28. The Kier molecular flexibility index (Phi) is 5.41. The van der Waals surface area contributed by atoms with Crippen molar-refractivity contribution < 1.29 is 14.7 Å². The van der Waals surface area contributed by atoms with E-state index in [4.69, 9.17) is 5.11 Å². The highest BCUT2D eigenvalue weighted by Gasteiger charge is 2.23. The van der Waals surface area contributed by atoms with E-state index >= 15 is 0 Å². The Balaban J connectivity index is 2.28. The second kappa shape index (κ2) is 6.59. The lowest BCUT2D eigenvalue weighted by atomic mass is 9.96. The van der Waals surface area contributed by atoms with Crippen LogP contribution in [0.1, 0.15) is 26.7 Å². The molecular formula is C12H22N2O3. The lowest BCUT2D eigenvalue weighted by molar-refractivity contribution is -0.143. The molecule has 0 aromatic heterocycles. The van der Waals surface area contributed by atoms with Crippen LogP contribution < -0.4 is 10.6 Å². The van der Waals surface area contributed by atoms with E-state index in [1.54, 1.807) is 0 Å². The Bertz CT molecular complexity index is 273. The zero-order chi connectivity index (χ0) is 12.8. The number of rotatable bonds is 6. The predicted octanol–water partition coefficient (Wildman–Crippen LogP) is 0.459. The standard InChI is InChI=1S/C12H22N2O3/c1-8(2)10(12(16)17)7-14-11(15)5-9-3-4-13-6-9/h8-10,13H,3-7H2,1-2H3,(H,14,15)(H,16,17). The quantitative estimate of drug-likeness (QED) is 0.632. The molecule has 5 nitrogen and oxygen atoms in total. The molecule has 0 aromatic rings. The number of aliphatic carboxylic acids is 1. The molecule has 1 rings (SSSR count). The first-order valence-electron chi connectivity index (χ1n) is 6.21. The fourth-order valence-electron chi connectivity index (χ4n) is 2.05. The first-order valence-corrected chi connectivity index (χ1v) is 6.21. The van der Waals surface area contributed by atoms with Crippen LogP contribution in [0.2, 0.25) is 0 Å². The maximum Gasteiger partial charge on any atom is 0.308 e. The van der Waals surface area contributed by atoms with Crippen LogP contribution in [-0.2, 0) is 9.59 Å². The van der Waals surface area contributed by atoms with Gasteiger partial charge in [-0.3, -0.25) is 9.59 Å². The normalized spacial score (nSPS) is 21.5. The lowest BCUT2D eigenvalue weighted by Gasteiger charge is -2.17. The Morgan fingerprint density at radius 2 is 2.18 bits per heavy atom. The first-order chi connectivity index (χ1) is 8.00. The van der Waals surface area contributed by atoms with E-state index in [2.05, 4.69) is 10.6 Å². The number of amides is 1. The van der Waals surface area contributed by atoms with Crippen LogP contribution in [0.25, 0.3) is 0 Å². The smallest absolute Gasteiger partial charge is 0.308 e. The van der Waals surface area contributed by atoms with E-state index in [0.29, 0.717) is 12.3 Å². The molecule has 0 bridgehead atoms. The van der Waals surface area contributed by atoms with Crippen molar-refractivity contribution in [2.45, 2.75) is 26.7 Å². The van der Waals surface area contributed by atoms with Crippen molar-refractivity contribution in [2.75, 3.05) is 19.6 Å². The Morgan fingerprint density at radius 1 is 1.47 bits per heavy atom. The van der Waals surface area contributed by atoms with Gasteiger partial charge in [0.05, 0.1) is 5.92 Å². The number of carboxylic acids is 1. The van der Waals surface area contributed by atoms with Crippen LogP contribution in [-0.4, -0.2) is 36.6 Å². The fourth-order valence-corrected chi connectivity index (χ4v) is 2.05. The lowest BCUT2D eigenvalue weighted by Crippen LogP contribution is -2.36. The highest BCUT2D eigenvalue weighted by Crippen LogP contribution is 2.13. The molecule has 1 aliphatic rings. The number of carbonyl (C=O) groups excluding carboxylic acids is 1. The van der Waals surface area contributed by atoms with Crippen molar-refractivity contribution in [1.82, 2.24) is 10.6 Å². The number of hydrogen-bond acceptors (Lipinski definition) is 3. The molecule has 3 N–H and O–H groups in total. The monoisotopic (exact) mass is 242 g/mol. The summed E-state index contributed by atoms with van der Waals surface area (Å²) < 4.78 is 0. The van der Waals surface area contributed by atoms with Gasteiger partial charge >= 0.3 is 5.97 Å². The Morgan fingerprint density at radius 3 is 2.65 bits per heavy atom. The topological polar surface area (TPSA) is 78.4 Å². The summed E-state index contributed by atoms with van der Waals surface area (Å²) in [6.45, 7) is 5.80. The molecule has 2 unspecified atom stereocenters. The van der Waals surface area contributed by atoms with E-state index in [1.165, 1.54) is 0 Å². The second-order valence-electron chi connectivity index (χ2n) is 5.06. The van der Waals surface area contributed by atoms with Crippen molar-refractivity contribution in [3.05, 3.63) is 0 Å². The summed E-state index contributed by atoms with van der Waals surface area (Å²) in [5.41, 5.74) is 0. The van der Waals surface area contributed by atoms with Crippen molar-refractivity contribution in [3.8, 4) is 0 Å². The predicted molar refractivity (Wildman–Crippen MR) is 64.6 cm³/mol. The van der Waals surface area contributed by atoms with Gasteiger partial charge in [-0.25, -0.2) is 0 Å². The van der Waals surface area contributed by atoms with Crippen molar-refractivity contribution in [3.63, 3.8) is 0 Å². The molecule has 1 amide bonds. The summed E-state index contributed by atoms with van der Waals surface area (Å²) in [5.74, 6) is -0.952. The van der Waals surface area contributed by atoms with Gasteiger partial charge in [0.1, 0.15) is 0 Å². The summed E-state index contributed by atoms with van der Waals surface area (Å²) in [6.07, 6.45) is 1.53. The van der Waals surface area contributed by atoms with Crippen LogP contribution in [0, 0.1) is 17.8 Å². The summed E-state index contributed by atoms with van der Waals surface area (Å²) in [7, 11) is 0. The van der Waals surface area contributed by atoms with Crippen molar-refractivity contribution in [1.29, 1.82) is 0 Å². The minimum atomic E-state index is -0.845. The van der Waals surface area contributed by atoms with Crippen LogP contribution >= 0.6 is 0 Å². The third kappa shape index (κ3) is 4.73. The van der Waals surface area contributed by atoms with Crippen LogP contribution in [0.15, 0.2) is 0 Å². The van der Waals surface area contributed by atoms with Crippen molar-refractivity contribution >= 4 is 11.9 Å². The van der Waals surface area contributed by atoms with Gasteiger partial charge in [0.2, 0.25) is 5.91 Å². The average Bonchev–Trinajstić information content (AvgIpc) is 2.69. The molecule has 5 heteroatoms. The Hall–Kier alpha value is -1.10. The van der Waals surface area contributed by atoms with Gasteiger partial charge in [-0.15, -0.1) is 0 Å². The summed E-state index contributed by atoms with van der Waals surface area (Å²) in [5, 5.41) is 14.9. The zero-order valence-corrected chi connectivity index (χ0v) is 10.5. The minimum Gasteiger partial charge on any atom is -0.481 e. The van der Waals surface area contributed by atoms with E-state index < -0.39 is 11.9 Å². The summed E-state index contributed by atoms with van der Waals surface area (Å²) in [4.78, 5) is 22.6. The zero-order valence-electron chi connectivity index (χ0n) is 10.5. The molecule has 17 heavy (non-hydrogen) atoms. The largest absolute Gasteiger partial charge is 0.481 e. The van der Waals surface area contributed by atoms with Gasteiger partial charge in [0.25, 0.3) is 0 Å². The maximum absolute atomic E-state index is 11.6. The number of carbonyl (C=O) groups is 2. The van der Waals surface area contributed by atoms with E-state index in [0.717, 1.165) is 19.5 Å². The van der Waals surface area contributed by atoms with Gasteiger partial charge in [0.15, 0.2) is 0 Å². The molecule has 1 saturated heterocycles. The number of nitrogens with one attached hydrogen (secondary N) is 2. The molecule has 0 aliphatic carbocycles. The highest BCUT2D eigenvalue weighted by molar-refractivity contribution is 5.77. The van der Waals surface area contributed by atoms with Gasteiger partial charge < -0.3 is 15.7 Å². The first kappa shape index (κ1) is 14.0. The van der Waals surface area contributed by atoms with E-state index in [9.17, 15) is 9.59 Å². The molecule has 1 heterocycles. The van der Waals surface area contributed by atoms with Gasteiger partial charge in [-0.2, -0.15) is 0 Å². The van der Waals surface area contributed by atoms with Gasteiger partial charge in [-0.1, -0.05) is 13.8 Å². The second-order valence-corrected chi connectivity index (χ2v) is 5.06. The molecule has 0 aromatic carbocycles. The molecule has 98 valence electrons. The fraction of sp³-hybridized carbons (Fsp3) is 0.833. The highest BCUT2D eigenvalue weighted by atomic mass is 16.4. The van der Waals surface area contributed by atoms with Gasteiger partial charge in [0, 0.05) is 13.0 Å². The molecule has 1 fully saturated rings. The molecule has 1 aliphatic heterocycles. The number of hydrogen-bond donors (Lipinski definition) is 3. The minimum absolute atomic E-state index is 0.0287. The molecule has 0 radical (unpaired) electrons. The van der Waals surface area contributed by atoms with E-state index in [-0.39, 0.29) is 18.4 Å². The summed E-state index contributed by atoms with van der Waals surface area (Å²) in [6, 6.07) is 0. The van der Waals surface area contributed by atoms with Crippen LogP contribution in [0.5, 0.6) is 0 Å². The average molecular weight is 242 g/mol.